The van der Waals surface area contributed by atoms with Crippen molar-refractivity contribution in [1.82, 2.24) is 0 Å². The van der Waals surface area contributed by atoms with E-state index in [1.807, 2.05) is 0 Å². The maximum atomic E-state index is 12.2. The summed E-state index contributed by atoms with van der Waals surface area (Å²) in [4.78, 5) is 0. The van der Waals surface area contributed by atoms with Crippen LogP contribution in [0, 0.1) is 0 Å². The standard InChI is InChI=1S/C8H4F4O/c9-7(10)8(11,12)13-6-4-2-1-3-5-6/h1-2,4,7H. The fourth-order valence-corrected chi connectivity index (χ4v) is 0.589. The Bertz CT molecular complexity index is 317. The highest BCUT2D eigenvalue weighted by atomic mass is 19.3. The molecule has 0 spiro atoms. The first-order valence-corrected chi connectivity index (χ1v) is 3.26. The minimum Gasteiger partial charge on any atom is -0.420 e. The van der Waals surface area contributed by atoms with Crippen LogP contribution < -0.4 is 0 Å². The first-order valence-electron chi connectivity index (χ1n) is 3.26. The van der Waals surface area contributed by atoms with Crippen LogP contribution in [0.15, 0.2) is 35.4 Å². The molecule has 1 rings (SSSR count). The van der Waals surface area contributed by atoms with Gasteiger partial charge >= 0.3 is 12.5 Å². The zero-order valence-corrected chi connectivity index (χ0v) is 6.23. The highest BCUT2D eigenvalue weighted by Gasteiger charge is 2.44. The van der Waals surface area contributed by atoms with Crippen LogP contribution in [0.2, 0.25) is 0 Å². The van der Waals surface area contributed by atoms with Crippen molar-refractivity contribution in [3.63, 3.8) is 0 Å². The van der Waals surface area contributed by atoms with Crippen molar-refractivity contribution in [2.75, 3.05) is 0 Å². The molecule has 0 heterocycles. The largest absolute Gasteiger partial charge is 0.461 e. The molecule has 0 aliphatic heterocycles. The predicted octanol–water partition coefficient (Wildman–Crippen LogP) is 2.62. The normalized spacial score (nSPS) is 15.0. The second-order valence-electron chi connectivity index (χ2n) is 2.12. The zero-order valence-electron chi connectivity index (χ0n) is 6.23. The molecule has 0 N–H and O–H groups in total. The molecule has 13 heavy (non-hydrogen) atoms. The van der Waals surface area contributed by atoms with E-state index in [-0.39, 0.29) is 0 Å². The monoisotopic (exact) mass is 192 g/mol. The summed E-state index contributed by atoms with van der Waals surface area (Å²) in [7, 11) is 0. The predicted molar refractivity (Wildman–Crippen MR) is 36.3 cm³/mol. The van der Waals surface area contributed by atoms with Gasteiger partial charge in [-0.1, -0.05) is 5.73 Å². The minimum atomic E-state index is -4.48. The molecule has 0 aromatic heterocycles. The summed E-state index contributed by atoms with van der Waals surface area (Å²) in [6.07, 6.45) is -4.54. The van der Waals surface area contributed by atoms with E-state index in [1.165, 1.54) is 12.2 Å². The van der Waals surface area contributed by atoms with Gasteiger partial charge in [0.1, 0.15) is 0 Å². The molecule has 70 valence electrons. The van der Waals surface area contributed by atoms with Gasteiger partial charge in [0.15, 0.2) is 5.76 Å². The highest BCUT2D eigenvalue weighted by Crippen LogP contribution is 2.27. The van der Waals surface area contributed by atoms with Gasteiger partial charge in [-0.3, -0.25) is 0 Å². The van der Waals surface area contributed by atoms with Gasteiger partial charge in [0, 0.05) is 0 Å². The van der Waals surface area contributed by atoms with E-state index in [0.29, 0.717) is 0 Å². The van der Waals surface area contributed by atoms with E-state index in [2.05, 4.69) is 16.2 Å². The second-order valence-corrected chi connectivity index (χ2v) is 2.12. The molecule has 0 radical (unpaired) electrons. The summed E-state index contributed by atoms with van der Waals surface area (Å²) in [5.41, 5.74) is 4.41. The fraction of sp³-hybridized carbons (Fsp3) is 0.250. The quantitative estimate of drug-likeness (QED) is 0.493. The van der Waals surface area contributed by atoms with Gasteiger partial charge in [0.05, 0.1) is 0 Å². The Morgan fingerprint density at radius 2 is 2.08 bits per heavy atom. The Hall–Kier alpha value is -1.44. The molecule has 0 saturated carbocycles. The van der Waals surface area contributed by atoms with Crippen molar-refractivity contribution >= 4 is 0 Å². The van der Waals surface area contributed by atoms with Crippen molar-refractivity contribution < 1.29 is 22.3 Å². The van der Waals surface area contributed by atoms with Crippen LogP contribution in [-0.2, 0) is 4.74 Å². The van der Waals surface area contributed by atoms with E-state index in [0.717, 1.165) is 6.08 Å². The summed E-state index contributed by atoms with van der Waals surface area (Å²) >= 11 is 0. The topological polar surface area (TPSA) is 9.23 Å². The molecular formula is C8H4F4O. The number of hydrogen-bond donors (Lipinski definition) is 0. The Kier molecular flexibility index (Phi) is 2.61. The third-order valence-electron chi connectivity index (χ3n) is 1.12. The molecule has 1 nitrogen and oxygen atoms in total. The lowest BCUT2D eigenvalue weighted by atomic mass is 10.3. The molecule has 0 aromatic rings. The van der Waals surface area contributed by atoms with Crippen molar-refractivity contribution in [3.05, 3.63) is 35.4 Å². The van der Waals surface area contributed by atoms with Crippen molar-refractivity contribution in [3.8, 4) is 0 Å². The number of halogens is 4. The Morgan fingerprint density at radius 3 is 2.54 bits per heavy atom. The van der Waals surface area contributed by atoms with Gasteiger partial charge in [-0.2, -0.15) is 17.6 Å². The van der Waals surface area contributed by atoms with E-state index < -0.39 is 18.3 Å². The summed E-state index contributed by atoms with van der Waals surface area (Å²) in [6, 6.07) is 0. The van der Waals surface area contributed by atoms with Crippen LogP contribution in [0.25, 0.3) is 0 Å². The van der Waals surface area contributed by atoms with Crippen molar-refractivity contribution in [1.29, 1.82) is 0 Å². The van der Waals surface area contributed by atoms with Gasteiger partial charge in [-0.05, 0) is 24.0 Å². The van der Waals surface area contributed by atoms with Crippen LogP contribution in [0.3, 0.4) is 0 Å². The van der Waals surface area contributed by atoms with Crippen molar-refractivity contribution in [2.45, 2.75) is 12.5 Å². The molecule has 5 heteroatoms. The maximum Gasteiger partial charge on any atom is 0.461 e. The average molecular weight is 192 g/mol. The van der Waals surface area contributed by atoms with Crippen molar-refractivity contribution in [2.24, 2.45) is 0 Å². The first kappa shape index (κ1) is 9.65. The van der Waals surface area contributed by atoms with E-state index in [4.69, 9.17) is 0 Å². The van der Waals surface area contributed by atoms with E-state index >= 15 is 0 Å². The lowest BCUT2D eigenvalue weighted by Gasteiger charge is -2.15. The second kappa shape index (κ2) is 3.52. The van der Waals surface area contributed by atoms with Gasteiger partial charge < -0.3 is 4.74 Å². The summed E-state index contributed by atoms with van der Waals surface area (Å²) in [6.45, 7) is 0. The lowest BCUT2D eigenvalue weighted by Crippen LogP contribution is -2.29. The third kappa shape index (κ3) is 2.51. The summed E-state index contributed by atoms with van der Waals surface area (Å²) < 4.78 is 51.3. The highest BCUT2D eigenvalue weighted by molar-refractivity contribution is 5.21. The lowest BCUT2D eigenvalue weighted by molar-refractivity contribution is -0.279. The number of allylic oxidation sites excluding steroid dienone is 3. The summed E-state index contributed by atoms with van der Waals surface area (Å²) in [5, 5.41) is 0. The van der Waals surface area contributed by atoms with E-state index in [9.17, 15) is 17.6 Å². The fourth-order valence-electron chi connectivity index (χ4n) is 0.589. The number of alkyl halides is 4. The zero-order chi connectivity index (χ0) is 9.90. The van der Waals surface area contributed by atoms with Gasteiger partial charge in [0.25, 0.3) is 0 Å². The van der Waals surface area contributed by atoms with Crippen LogP contribution in [0.1, 0.15) is 0 Å². The van der Waals surface area contributed by atoms with Gasteiger partial charge in [-0.25, -0.2) is 0 Å². The summed E-state index contributed by atoms with van der Waals surface area (Å²) in [5.74, 6) is -0.465. The third-order valence-corrected chi connectivity index (χ3v) is 1.12. The Labute approximate surface area is 71.3 Å². The number of ether oxygens (including phenoxy) is 1. The van der Waals surface area contributed by atoms with Crippen LogP contribution in [-0.4, -0.2) is 12.5 Å². The molecule has 0 unspecified atom stereocenters. The van der Waals surface area contributed by atoms with Crippen LogP contribution in [0.5, 0.6) is 0 Å². The van der Waals surface area contributed by atoms with Crippen LogP contribution in [0.4, 0.5) is 17.6 Å². The molecule has 1 aliphatic carbocycles. The molecular weight excluding hydrogens is 188 g/mol. The molecule has 0 aromatic carbocycles. The molecule has 0 fully saturated rings. The first-order chi connectivity index (χ1) is 6.02. The number of rotatable bonds is 3. The molecule has 0 atom stereocenters. The Morgan fingerprint density at radius 1 is 1.38 bits per heavy atom. The maximum absolute atomic E-state index is 12.2. The minimum absolute atomic E-state index is 0.465. The smallest absolute Gasteiger partial charge is 0.420 e. The van der Waals surface area contributed by atoms with Gasteiger partial charge in [-0.15, -0.1) is 0 Å². The molecule has 0 saturated heterocycles. The molecule has 0 bridgehead atoms. The Balaban J connectivity index is 2.74. The SMILES string of the molecule is FC(F)C(F)(F)OC1=C=C=CC=C1. The van der Waals surface area contributed by atoms with E-state index in [1.54, 1.807) is 0 Å². The molecule has 0 amide bonds. The van der Waals surface area contributed by atoms with Crippen LogP contribution >= 0.6 is 0 Å². The number of hydrogen-bond acceptors (Lipinski definition) is 1. The molecule has 1 aliphatic rings. The van der Waals surface area contributed by atoms with Gasteiger partial charge in [0.2, 0.25) is 0 Å². The average Bonchev–Trinajstić information content (AvgIpc) is 2.05.